The first-order valence-corrected chi connectivity index (χ1v) is 17.3. The Morgan fingerprint density at radius 3 is 1.00 bits per heavy atom. The number of carboxylic acid groups (broad SMARTS) is 3. The van der Waals surface area contributed by atoms with Crippen LogP contribution in [0.1, 0.15) is 174 Å². The molecule has 2 N–H and O–H groups in total. The first-order chi connectivity index (χ1) is 19.8. The highest BCUT2D eigenvalue weighted by Gasteiger charge is 2.26. The third-order valence-corrected chi connectivity index (χ3v) is 8.55. The van der Waals surface area contributed by atoms with Gasteiger partial charge in [0.05, 0.1) is 39.0 Å². The van der Waals surface area contributed by atoms with Gasteiger partial charge in [0.15, 0.2) is 0 Å². The number of nitrogens with zero attached hydrogens (tertiary/aromatic N) is 1. The van der Waals surface area contributed by atoms with Gasteiger partial charge in [0.25, 0.3) is 0 Å². The van der Waals surface area contributed by atoms with Crippen molar-refractivity contribution in [1.29, 1.82) is 0 Å². The quantitative estimate of drug-likeness (QED) is 0.0600. The molecular weight excluding hydrogens is 518 g/mol. The summed E-state index contributed by atoms with van der Waals surface area (Å²) >= 11 is 0. The first-order valence-electron chi connectivity index (χ1n) is 17.3. The van der Waals surface area contributed by atoms with Gasteiger partial charge < -0.3 is 24.6 Å². The normalized spacial score (nSPS) is 11.6. The van der Waals surface area contributed by atoms with Gasteiger partial charge in [-0.2, -0.15) is 0 Å². The minimum atomic E-state index is -1.07. The molecular formula is C34H65NO6. The van der Waals surface area contributed by atoms with Crippen molar-refractivity contribution < 1.29 is 34.2 Å². The molecule has 0 amide bonds. The van der Waals surface area contributed by atoms with Crippen LogP contribution in [0.5, 0.6) is 0 Å². The van der Waals surface area contributed by atoms with E-state index in [0.717, 1.165) is 19.4 Å². The van der Waals surface area contributed by atoms with Gasteiger partial charge >= 0.3 is 11.9 Å². The van der Waals surface area contributed by atoms with E-state index in [-0.39, 0.29) is 19.3 Å². The van der Waals surface area contributed by atoms with Gasteiger partial charge in [-0.15, -0.1) is 0 Å². The fourth-order valence-electron chi connectivity index (χ4n) is 6.06. The Bertz CT molecular complexity index is 588. The maximum Gasteiger partial charge on any atom is 0.303 e. The predicted octanol–water partition coefficient (Wildman–Crippen LogP) is 7.88. The summed E-state index contributed by atoms with van der Waals surface area (Å²) in [4.78, 5) is 33.1. The van der Waals surface area contributed by atoms with Gasteiger partial charge in [0, 0.05) is 25.2 Å². The standard InChI is InChI=1S/C34H65NO6/c1-2-3-4-5-6-7-8-9-10-11-12-13-14-15-16-17-18-19-20-21-28-35(29-22-25-32(36)37,30-23-26-33(38)39)31-24-27-34(40)41/h2-31H2,1H3,(H2-,36,37,38,39,40,41). The zero-order valence-electron chi connectivity index (χ0n) is 26.7. The summed E-state index contributed by atoms with van der Waals surface area (Å²) in [5.74, 6) is -2.73. The van der Waals surface area contributed by atoms with E-state index in [1.165, 1.54) is 116 Å². The molecule has 0 spiro atoms. The number of carbonyl (C=O) groups is 3. The Hall–Kier alpha value is -1.63. The molecule has 0 aliphatic carbocycles. The van der Waals surface area contributed by atoms with Crippen LogP contribution in [0.25, 0.3) is 0 Å². The summed E-state index contributed by atoms with van der Waals surface area (Å²) in [7, 11) is 0. The third kappa shape index (κ3) is 28.3. The molecule has 0 aliphatic rings. The topological polar surface area (TPSA) is 115 Å². The minimum absolute atomic E-state index is 0.0168. The van der Waals surface area contributed by atoms with Crippen molar-refractivity contribution in [3.63, 3.8) is 0 Å². The smallest absolute Gasteiger partial charge is 0.303 e. The van der Waals surface area contributed by atoms with Crippen LogP contribution in [-0.2, 0) is 14.4 Å². The molecule has 0 rings (SSSR count). The number of hydrogen-bond donors (Lipinski definition) is 2. The van der Waals surface area contributed by atoms with E-state index in [9.17, 15) is 19.5 Å². The lowest BCUT2D eigenvalue weighted by Crippen LogP contribution is -2.51. The van der Waals surface area contributed by atoms with Crippen LogP contribution in [-0.4, -0.2) is 58.8 Å². The lowest BCUT2D eigenvalue weighted by Gasteiger charge is -2.39. The van der Waals surface area contributed by atoms with Gasteiger partial charge in [-0.05, 0) is 19.3 Å². The summed E-state index contributed by atoms with van der Waals surface area (Å²) < 4.78 is 0.618. The second kappa shape index (κ2) is 28.5. The molecule has 0 saturated carbocycles. The summed E-state index contributed by atoms with van der Waals surface area (Å²) in [5.41, 5.74) is 0. The van der Waals surface area contributed by atoms with Gasteiger partial charge in [-0.3, -0.25) is 9.59 Å². The molecule has 0 aromatic heterocycles. The fraction of sp³-hybridized carbons (Fsp3) is 0.912. The average molecular weight is 584 g/mol. The number of quaternary nitrogens is 1. The van der Waals surface area contributed by atoms with E-state index < -0.39 is 17.9 Å². The van der Waals surface area contributed by atoms with Crippen molar-refractivity contribution in [3.05, 3.63) is 0 Å². The SMILES string of the molecule is CCCCCCCCCCCCCCCCCCCCCC[N+](CCCC(=O)[O-])(CCCC(=O)O)CCCC(=O)O. The summed E-state index contributed by atoms with van der Waals surface area (Å²) in [5, 5.41) is 29.1. The molecule has 0 aliphatic heterocycles. The van der Waals surface area contributed by atoms with E-state index in [2.05, 4.69) is 6.92 Å². The molecule has 0 radical (unpaired) electrons. The monoisotopic (exact) mass is 583 g/mol. The van der Waals surface area contributed by atoms with Crippen LogP contribution in [0.2, 0.25) is 0 Å². The lowest BCUT2D eigenvalue weighted by atomic mass is 10.0. The van der Waals surface area contributed by atoms with E-state index in [1.54, 1.807) is 0 Å². The van der Waals surface area contributed by atoms with E-state index in [1.807, 2.05) is 0 Å². The van der Waals surface area contributed by atoms with Gasteiger partial charge in [-0.25, -0.2) is 0 Å². The van der Waals surface area contributed by atoms with E-state index in [0.29, 0.717) is 43.4 Å². The van der Waals surface area contributed by atoms with Crippen molar-refractivity contribution in [3.8, 4) is 0 Å². The van der Waals surface area contributed by atoms with Crippen molar-refractivity contribution in [2.24, 2.45) is 0 Å². The van der Waals surface area contributed by atoms with Crippen molar-refractivity contribution in [1.82, 2.24) is 0 Å². The van der Waals surface area contributed by atoms with E-state index >= 15 is 0 Å². The summed E-state index contributed by atoms with van der Waals surface area (Å²) in [6.45, 7) is 5.06. The highest BCUT2D eigenvalue weighted by Crippen LogP contribution is 2.19. The van der Waals surface area contributed by atoms with Crippen LogP contribution >= 0.6 is 0 Å². The first kappa shape index (κ1) is 39.4. The van der Waals surface area contributed by atoms with Crippen LogP contribution in [0.15, 0.2) is 0 Å². The zero-order chi connectivity index (χ0) is 30.4. The summed E-state index contributed by atoms with van der Waals surface area (Å²) in [6, 6.07) is 0. The maximum atomic E-state index is 11.1. The number of rotatable bonds is 33. The Balaban J connectivity index is 4.03. The van der Waals surface area contributed by atoms with E-state index in [4.69, 9.17) is 10.2 Å². The molecule has 0 saturated heterocycles. The van der Waals surface area contributed by atoms with Crippen LogP contribution in [0.4, 0.5) is 0 Å². The highest BCUT2D eigenvalue weighted by atomic mass is 16.4. The van der Waals surface area contributed by atoms with Gasteiger partial charge in [0.2, 0.25) is 0 Å². The minimum Gasteiger partial charge on any atom is -0.550 e. The Labute approximate surface area is 252 Å². The molecule has 242 valence electrons. The zero-order valence-corrected chi connectivity index (χ0v) is 26.7. The largest absolute Gasteiger partial charge is 0.550 e. The molecule has 7 heteroatoms. The van der Waals surface area contributed by atoms with Crippen LogP contribution in [0, 0.1) is 0 Å². The van der Waals surface area contributed by atoms with Crippen LogP contribution in [0.3, 0.4) is 0 Å². The Kier molecular flexibility index (Phi) is 27.4. The number of carboxylic acids is 3. The average Bonchev–Trinajstić information content (AvgIpc) is 2.91. The maximum absolute atomic E-state index is 11.1. The molecule has 0 atom stereocenters. The molecule has 7 nitrogen and oxygen atoms in total. The number of hydrogen-bond acceptors (Lipinski definition) is 4. The third-order valence-electron chi connectivity index (χ3n) is 8.55. The second-order valence-electron chi connectivity index (χ2n) is 12.4. The van der Waals surface area contributed by atoms with Gasteiger partial charge in [0.1, 0.15) is 0 Å². The predicted molar refractivity (Wildman–Crippen MR) is 166 cm³/mol. The van der Waals surface area contributed by atoms with Crippen LogP contribution < -0.4 is 5.11 Å². The second-order valence-corrected chi connectivity index (χ2v) is 12.4. The number of aliphatic carboxylic acids is 3. The number of unbranched alkanes of at least 4 members (excludes halogenated alkanes) is 19. The number of carbonyl (C=O) groups excluding carboxylic acids is 1. The van der Waals surface area contributed by atoms with Crippen molar-refractivity contribution >= 4 is 17.9 Å². The van der Waals surface area contributed by atoms with Gasteiger partial charge in [-0.1, -0.05) is 122 Å². The molecule has 0 fully saturated rings. The molecule has 0 unspecified atom stereocenters. The molecule has 0 aromatic carbocycles. The van der Waals surface area contributed by atoms with Crippen molar-refractivity contribution in [2.45, 2.75) is 174 Å². The Morgan fingerprint density at radius 2 is 0.707 bits per heavy atom. The molecule has 0 bridgehead atoms. The fourth-order valence-corrected chi connectivity index (χ4v) is 6.06. The molecule has 0 aromatic rings. The Morgan fingerprint density at radius 1 is 0.439 bits per heavy atom. The highest BCUT2D eigenvalue weighted by molar-refractivity contribution is 5.66. The molecule has 41 heavy (non-hydrogen) atoms. The van der Waals surface area contributed by atoms with Crippen molar-refractivity contribution in [2.75, 3.05) is 26.2 Å². The molecule has 0 heterocycles. The lowest BCUT2D eigenvalue weighted by molar-refractivity contribution is -0.929. The summed E-state index contributed by atoms with van der Waals surface area (Å²) in [6.07, 6.45) is 28.3.